The summed E-state index contributed by atoms with van der Waals surface area (Å²) in [7, 11) is 0. The molecule has 2 N–H and O–H groups in total. The summed E-state index contributed by atoms with van der Waals surface area (Å²) in [6.07, 6.45) is 7.03. The monoisotopic (exact) mass is 196 g/mol. The Morgan fingerprint density at radius 2 is 1.93 bits per heavy atom. The van der Waals surface area contributed by atoms with Crippen LogP contribution in [0.15, 0.2) is 0 Å². The average molecular weight is 196 g/mol. The van der Waals surface area contributed by atoms with Crippen molar-refractivity contribution in [1.82, 2.24) is 10.6 Å². The topological polar surface area (TPSA) is 24.1 Å². The molecule has 0 aromatic rings. The van der Waals surface area contributed by atoms with Crippen molar-refractivity contribution in [2.75, 3.05) is 6.54 Å². The molecule has 1 saturated carbocycles. The van der Waals surface area contributed by atoms with Gasteiger partial charge in [0.05, 0.1) is 0 Å². The zero-order valence-electron chi connectivity index (χ0n) is 9.55. The summed E-state index contributed by atoms with van der Waals surface area (Å²) < 4.78 is 0. The van der Waals surface area contributed by atoms with Crippen LogP contribution < -0.4 is 10.6 Å². The van der Waals surface area contributed by atoms with Crippen molar-refractivity contribution in [1.29, 1.82) is 0 Å². The fourth-order valence-corrected chi connectivity index (χ4v) is 3.17. The van der Waals surface area contributed by atoms with Crippen molar-refractivity contribution in [3.63, 3.8) is 0 Å². The Hall–Kier alpha value is -0.0800. The van der Waals surface area contributed by atoms with Crippen LogP contribution in [0.2, 0.25) is 0 Å². The number of hydrogen-bond donors (Lipinski definition) is 2. The Kier molecular flexibility index (Phi) is 3.45. The van der Waals surface area contributed by atoms with Crippen LogP contribution in [0.3, 0.4) is 0 Å². The molecule has 14 heavy (non-hydrogen) atoms. The van der Waals surface area contributed by atoms with Crippen LogP contribution in [0.1, 0.15) is 46.0 Å². The number of nitrogens with one attached hydrogen (secondary N) is 2. The maximum Gasteiger partial charge on any atom is 0.0125 e. The molecule has 1 aliphatic heterocycles. The zero-order chi connectivity index (χ0) is 9.97. The predicted molar refractivity (Wildman–Crippen MR) is 60.4 cm³/mol. The van der Waals surface area contributed by atoms with Gasteiger partial charge in [-0.1, -0.05) is 26.7 Å². The molecular weight excluding hydrogens is 172 g/mol. The standard InChI is InChI=1S/C12H24N2/c1-9(2)14-12-7-8-13-11-6-4-3-5-10(11)12/h9-14H,3-8H2,1-2H3. The maximum absolute atomic E-state index is 3.74. The molecule has 0 radical (unpaired) electrons. The lowest BCUT2D eigenvalue weighted by molar-refractivity contribution is 0.155. The van der Waals surface area contributed by atoms with Gasteiger partial charge in [-0.15, -0.1) is 0 Å². The summed E-state index contributed by atoms with van der Waals surface area (Å²) in [4.78, 5) is 0. The van der Waals surface area contributed by atoms with E-state index < -0.39 is 0 Å². The molecule has 82 valence electrons. The summed E-state index contributed by atoms with van der Waals surface area (Å²) in [6, 6.07) is 2.23. The fraction of sp³-hybridized carbons (Fsp3) is 1.00. The molecule has 0 amide bonds. The van der Waals surface area contributed by atoms with E-state index in [1.54, 1.807) is 0 Å². The highest BCUT2D eigenvalue weighted by Crippen LogP contribution is 2.30. The summed E-state index contributed by atoms with van der Waals surface area (Å²) in [6.45, 7) is 5.74. The number of hydrogen-bond acceptors (Lipinski definition) is 2. The molecule has 1 aliphatic carbocycles. The van der Waals surface area contributed by atoms with Crippen LogP contribution in [-0.2, 0) is 0 Å². The first-order chi connectivity index (χ1) is 6.77. The second kappa shape index (κ2) is 4.63. The van der Waals surface area contributed by atoms with E-state index in [-0.39, 0.29) is 0 Å². The van der Waals surface area contributed by atoms with E-state index in [4.69, 9.17) is 0 Å². The van der Waals surface area contributed by atoms with Crippen molar-refractivity contribution in [2.45, 2.75) is 64.1 Å². The highest BCUT2D eigenvalue weighted by atomic mass is 15.0. The molecule has 2 heteroatoms. The van der Waals surface area contributed by atoms with Gasteiger partial charge in [0.1, 0.15) is 0 Å². The fourth-order valence-electron chi connectivity index (χ4n) is 3.17. The van der Waals surface area contributed by atoms with E-state index in [0.717, 1.165) is 18.0 Å². The molecule has 2 rings (SSSR count). The number of fused-ring (bicyclic) bond motifs is 1. The third kappa shape index (κ3) is 2.29. The van der Waals surface area contributed by atoms with Crippen molar-refractivity contribution in [2.24, 2.45) is 5.92 Å². The van der Waals surface area contributed by atoms with Gasteiger partial charge in [-0.2, -0.15) is 0 Å². The molecule has 2 nitrogen and oxygen atoms in total. The first kappa shape index (κ1) is 10.4. The van der Waals surface area contributed by atoms with Gasteiger partial charge < -0.3 is 10.6 Å². The Morgan fingerprint density at radius 1 is 1.14 bits per heavy atom. The Bertz CT molecular complexity index is 177. The summed E-state index contributed by atoms with van der Waals surface area (Å²) in [5.74, 6) is 0.903. The molecular formula is C12H24N2. The van der Waals surface area contributed by atoms with Crippen molar-refractivity contribution in [3.05, 3.63) is 0 Å². The molecule has 0 spiro atoms. The van der Waals surface area contributed by atoms with Crippen molar-refractivity contribution >= 4 is 0 Å². The van der Waals surface area contributed by atoms with Crippen LogP contribution >= 0.6 is 0 Å². The minimum Gasteiger partial charge on any atom is -0.314 e. The molecule has 0 aromatic carbocycles. The van der Waals surface area contributed by atoms with Crippen LogP contribution in [-0.4, -0.2) is 24.7 Å². The zero-order valence-corrected chi connectivity index (χ0v) is 9.55. The maximum atomic E-state index is 3.74. The van der Waals surface area contributed by atoms with Gasteiger partial charge >= 0.3 is 0 Å². The molecule has 1 heterocycles. The highest BCUT2D eigenvalue weighted by Gasteiger charge is 2.34. The molecule has 3 unspecified atom stereocenters. The lowest BCUT2D eigenvalue weighted by Gasteiger charge is -2.43. The van der Waals surface area contributed by atoms with Gasteiger partial charge in [0.2, 0.25) is 0 Å². The SMILES string of the molecule is CC(C)NC1CCNC2CCCCC21. The smallest absolute Gasteiger partial charge is 0.0125 e. The normalized spacial score (nSPS) is 38.4. The largest absolute Gasteiger partial charge is 0.314 e. The number of rotatable bonds is 2. The molecule has 0 bridgehead atoms. The second-order valence-electron chi connectivity index (χ2n) is 5.23. The van der Waals surface area contributed by atoms with Crippen LogP contribution in [0.25, 0.3) is 0 Å². The highest BCUT2D eigenvalue weighted by molar-refractivity contribution is 4.93. The van der Waals surface area contributed by atoms with Crippen LogP contribution in [0.5, 0.6) is 0 Å². The molecule has 1 saturated heterocycles. The van der Waals surface area contributed by atoms with Gasteiger partial charge in [-0.3, -0.25) is 0 Å². The molecule has 2 aliphatic rings. The molecule has 0 aromatic heterocycles. The van der Waals surface area contributed by atoms with E-state index in [1.807, 2.05) is 0 Å². The first-order valence-corrected chi connectivity index (χ1v) is 6.27. The predicted octanol–water partition coefficient (Wildman–Crippen LogP) is 1.91. The third-order valence-electron chi connectivity index (χ3n) is 3.75. The van der Waals surface area contributed by atoms with E-state index in [2.05, 4.69) is 24.5 Å². The van der Waals surface area contributed by atoms with E-state index in [9.17, 15) is 0 Å². The molecule has 3 atom stereocenters. The minimum atomic E-state index is 0.640. The lowest BCUT2D eigenvalue weighted by Crippen LogP contribution is -2.55. The number of piperidine rings is 1. The Balaban J connectivity index is 1.94. The van der Waals surface area contributed by atoms with Crippen molar-refractivity contribution < 1.29 is 0 Å². The third-order valence-corrected chi connectivity index (χ3v) is 3.75. The van der Waals surface area contributed by atoms with Gasteiger partial charge in [-0.05, 0) is 31.7 Å². The van der Waals surface area contributed by atoms with E-state index in [0.29, 0.717) is 6.04 Å². The quantitative estimate of drug-likeness (QED) is 0.705. The summed E-state index contributed by atoms with van der Waals surface area (Å²) in [5.41, 5.74) is 0. The van der Waals surface area contributed by atoms with Gasteiger partial charge in [0, 0.05) is 18.1 Å². The van der Waals surface area contributed by atoms with Gasteiger partial charge in [0.25, 0.3) is 0 Å². The van der Waals surface area contributed by atoms with Crippen molar-refractivity contribution in [3.8, 4) is 0 Å². The summed E-state index contributed by atoms with van der Waals surface area (Å²) in [5, 5.41) is 7.43. The van der Waals surface area contributed by atoms with E-state index in [1.165, 1.54) is 38.6 Å². The van der Waals surface area contributed by atoms with Crippen LogP contribution in [0.4, 0.5) is 0 Å². The average Bonchev–Trinajstić information content (AvgIpc) is 2.18. The lowest BCUT2D eigenvalue weighted by atomic mass is 9.76. The Morgan fingerprint density at radius 3 is 2.71 bits per heavy atom. The summed E-state index contributed by atoms with van der Waals surface area (Å²) >= 11 is 0. The van der Waals surface area contributed by atoms with E-state index >= 15 is 0 Å². The molecule has 2 fully saturated rings. The minimum absolute atomic E-state index is 0.640. The first-order valence-electron chi connectivity index (χ1n) is 6.27. The van der Waals surface area contributed by atoms with Gasteiger partial charge in [-0.25, -0.2) is 0 Å². The Labute approximate surface area is 87.8 Å². The van der Waals surface area contributed by atoms with Crippen LogP contribution in [0, 0.1) is 5.92 Å². The second-order valence-corrected chi connectivity index (χ2v) is 5.23. The van der Waals surface area contributed by atoms with Gasteiger partial charge in [0.15, 0.2) is 0 Å².